The predicted octanol–water partition coefficient (Wildman–Crippen LogP) is 2.97. The molecule has 0 unspecified atom stereocenters. The van der Waals surface area contributed by atoms with E-state index in [4.69, 9.17) is 0 Å². The van der Waals surface area contributed by atoms with Gasteiger partial charge in [0.2, 0.25) is 0 Å². The second-order valence-electron chi connectivity index (χ2n) is 5.60. The Hall–Kier alpha value is -0.870. The Balaban J connectivity index is 1.60. The fourth-order valence-corrected chi connectivity index (χ4v) is 3.90. The number of allylic oxidation sites excluding steroid dienone is 2. The highest BCUT2D eigenvalue weighted by molar-refractivity contribution is 7.13. The number of anilines is 1. The number of hydrogen-bond acceptors (Lipinski definition) is 4. The molecule has 1 aromatic rings. The number of likely N-dealkylation sites (tertiary alicyclic amines) is 1. The Morgan fingerprint density at radius 3 is 3.06 bits per heavy atom. The molecule has 4 heteroatoms. The van der Waals surface area contributed by atoms with Gasteiger partial charge in [-0.05, 0) is 31.6 Å². The third-order valence-corrected chi connectivity index (χ3v) is 5.07. The van der Waals surface area contributed by atoms with E-state index in [-0.39, 0.29) is 0 Å². The monoisotopic (exact) mass is 263 g/mol. The largest absolute Gasteiger partial charge is 0.365 e. The molecule has 2 aliphatic rings. The van der Waals surface area contributed by atoms with Crippen molar-refractivity contribution in [2.45, 2.75) is 26.3 Å². The van der Waals surface area contributed by atoms with Gasteiger partial charge in [-0.1, -0.05) is 11.6 Å². The highest BCUT2D eigenvalue weighted by atomic mass is 32.1. The second-order valence-corrected chi connectivity index (χ2v) is 6.46. The normalized spacial score (nSPS) is 28.0. The van der Waals surface area contributed by atoms with Crippen molar-refractivity contribution >= 4 is 16.5 Å². The van der Waals surface area contributed by atoms with Crippen molar-refractivity contribution in [1.29, 1.82) is 0 Å². The van der Waals surface area contributed by atoms with Gasteiger partial charge in [-0.15, -0.1) is 11.3 Å². The van der Waals surface area contributed by atoms with Crippen LogP contribution in [0.3, 0.4) is 0 Å². The first kappa shape index (κ1) is 12.2. The maximum atomic E-state index is 4.58. The van der Waals surface area contributed by atoms with Crippen molar-refractivity contribution in [2.24, 2.45) is 11.8 Å². The van der Waals surface area contributed by atoms with E-state index in [1.54, 1.807) is 16.9 Å². The number of hydrogen-bond donors (Lipinski definition) is 1. The Kier molecular flexibility index (Phi) is 3.39. The summed E-state index contributed by atoms with van der Waals surface area (Å²) in [6, 6.07) is 0. The van der Waals surface area contributed by atoms with Gasteiger partial charge < -0.3 is 5.32 Å². The summed E-state index contributed by atoms with van der Waals surface area (Å²) in [6.07, 6.45) is 5.03. The average Bonchev–Trinajstić information content (AvgIpc) is 2.95. The molecule has 1 aromatic heterocycles. The first-order chi connectivity index (χ1) is 8.74. The van der Waals surface area contributed by atoms with Crippen LogP contribution in [0.1, 0.15) is 25.5 Å². The second kappa shape index (κ2) is 5.02. The molecule has 0 saturated carbocycles. The van der Waals surface area contributed by atoms with E-state index >= 15 is 0 Å². The molecule has 0 aromatic carbocycles. The van der Waals surface area contributed by atoms with Crippen molar-refractivity contribution in [3.63, 3.8) is 0 Å². The standard InChI is InChI=1S/C14H21N3S/c1-10-3-4-11-6-17(7-12(11)5-10)8-13-9-18-14(15-2)16-13/h3,9,11-12H,4-8H2,1-2H3,(H,15,16)/t11-,12+/m0/s1. The Labute approximate surface area is 113 Å². The quantitative estimate of drug-likeness (QED) is 0.850. The number of rotatable bonds is 3. The highest BCUT2D eigenvalue weighted by Crippen LogP contribution is 2.36. The van der Waals surface area contributed by atoms with Crippen LogP contribution in [0.5, 0.6) is 0 Å². The first-order valence-electron chi connectivity index (χ1n) is 6.74. The van der Waals surface area contributed by atoms with Gasteiger partial charge in [0.15, 0.2) is 5.13 Å². The summed E-state index contributed by atoms with van der Waals surface area (Å²) < 4.78 is 0. The molecule has 1 aliphatic carbocycles. The number of nitrogens with one attached hydrogen (secondary N) is 1. The first-order valence-corrected chi connectivity index (χ1v) is 7.62. The number of thiazole rings is 1. The molecule has 1 fully saturated rings. The average molecular weight is 263 g/mol. The third kappa shape index (κ3) is 2.45. The molecular formula is C14H21N3S. The van der Waals surface area contributed by atoms with E-state index in [9.17, 15) is 0 Å². The van der Waals surface area contributed by atoms with Crippen LogP contribution in [-0.2, 0) is 6.54 Å². The van der Waals surface area contributed by atoms with Gasteiger partial charge in [0, 0.05) is 32.1 Å². The minimum atomic E-state index is 0.885. The van der Waals surface area contributed by atoms with Gasteiger partial charge in [0.05, 0.1) is 5.69 Å². The van der Waals surface area contributed by atoms with E-state index in [2.05, 4.69) is 33.6 Å². The summed E-state index contributed by atoms with van der Waals surface area (Å²) in [4.78, 5) is 7.16. The van der Waals surface area contributed by atoms with Crippen LogP contribution in [0.2, 0.25) is 0 Å². The summed E-state index contributed by atoms with van der Waals surface area (Å²) >= 11 is 1.70. The molecule has 0 amide bonds. The smallest absolute Gasteiger partial charge is 0.182 e. The molecule has 0 spiro atoms. The topological polar surface area (TPSA) is 28.2 Å². The maximum Gasteiger partial charge on any atom is 0.182 e. The van der Waals surface area contributed by atoms with Crippen LogP contribution in [-0.4, -0.2) is 30.0 Å². The van der Waals surface area contributed by atoms with E-state index in [0.29, 0.717) is 0 Å². The molecule has 0 bridgehead atoms. The lowest BCUT2D eigenvalue weighted by molar-refractivity contribution is 0.310. The van der Waals surface area contributed by atoms with Crippen LogP contribution in [0.15, 0.2) is 17.0 Å². The zero-order valence-corrected chi connectivity index (χ0v) is 12.0. The molecular weight excluding hydrogens is 242 g/mol. The maximum absolute atomic E-state index is 4.58. The molecule has 3 nitrogen and oxygen atoms in total. The number of aromatic nitrogens is 1. The molecule has 2 heterocycles. The minimum Gasteiger partial charge on any atom is -0.365 e. The molecule has 98 valence electrons. The van der Waals surface area contributed by atoms with Crippen molar-refractivity contribution < 1.29 is 0 Å². The summed E-state index contributed by atoms with van der Waals surface area (Å²) in [6.45, 7) is 5.80. The van der Waals surface area contributed by atoms with Gasteiger partial charge in [0.25, 0.3) is 0 Å². The van der Waals surface area contributed by atoms with Crippen molar-refractivity contribution in [1.82, 2.24) is 9.88 Å². The molecule has 18 heavy (non-hydrogen) atoms. The van der Waals surface area contributed by atoms with Gasteiger partial charge in [-0.2, -0.15) is 0 Å². The van der Waals surface area contributed by atoms with Crippen LogP contribution >= 0.6 is 11.3 Å². The molecule has 3 rings (SSSR count). The van der Waals surface area contributed by atoms with Gasteiger partial charge >= 0.3 is 0 Å². The summed E-state index contributed by atoms with van der Waals surface area (Å²) in [5.74, 6) is 1.77. The molecule has 1 N–H and O–H groups in total. The highest BCUT2D eigenvalue weighted by Gasteiger charge is 2.34. The lowest BCUT2D eigenvalue weighted by Crippen LogP contribution is -2.20. The van der Waals surface area contributed by atoms with E-state index < -0.39 is 0 Å². The SMILES string of the molecule is CNc1nc(CN2C[C@H]3CC(C)=CC[C@H]3C2)cs1. The van der Waals surface area contributed by atoms with Crippen LogP contribution in [0.4, 0.5) is 5.13 Å². The molecule has 1 aliphatic heterocycles. The van der Waals surface area contributed by atoms with Gasteiger partial charge in [-0.25, -0.2) is 4.98 Å². The Morgan fingerprint density at radius 1 is 1.44 bits per heavy atom. The van der Waals surface area contributed by atoms with Gasteiger partial charge in [0.1, 0.15) is 0 Å². The van der Waals surface area contributed by atoms with Crippen molar-refractivity contribution in [3.8, 4) is 0 Å². The summed E-state index contributed by atoms with van der Waals surface area (Å²) in [5.41, 5.74) is 2.80. The van der Waals surface area contributed by atoms with Crippen LogP contribution in [0.25, 0.3) is 0 Å². The van der Waals surface area contributed by atoms with Crippen LogP contribution < -0.4 is 5.32 Å². The predicted molar refractivity (Wildman–Crippen MR) is 76.9 cm³/mol. The lowest BCUT2D eigenvalue weighted by Gasteiger charge is -2.22. The summed E-state index contributed by atoms with van der Waals surface area (Å²) in [7, 11) is 1.93. The lowest BCUT2D eigenvalue weighted by atomic mass is 9.83. The molecule has 1 saturated heterocycles. The Bertz CT molecular complexity index is 452. The van der Waals surface area contributed by atoms with Crippen molar-refractivity contribution in [2.75, 3.05) is 25.5 Å². The van der Waals surface area contributed by atoms with Crippen LogP contribution in [0, 0.1) is 11.8 Å². The van der Waals surface area contributed by atoms with E-state index in [1.807, 2.05) is 7.05 Å². The minimum absolute atomic E-state index is 0.885. The van der Waals surface area contributed by atoms with E-state index in [1.165, 1.54) is 31.6 Å². The molecule has 2 atom stereocenters. The fraction of sp³-hybridized carbons (Fsp3) is 0.643. The summed E-state index contributed by atoms with van der Waals surface area (Å²) in [5, 5.41) is 6.31. The van der Waals surface area contributed by atoms with Gasteiger partial charge in [-0.3, -0.25) is 4.90 Å². The Morgan fingerprint density at radius 2 is 2.28 bits per heavy atom. The number of nitrogens with zero attached hydrogens (tertiary/aromatic N) is 2. The molecule has 0 radical (unpaired) electrons. The fourth-order valence-electron chi connectivity index (χ4n) is 3.24. The van der Waals surface area contributed by atoms with Crippen molar-refractivity contribution in [3.05, 3.63) is 22.7 Å². The number of fused-ring (bicyclic) bond motifs is 1. The third-order valence-electron chi connectivity index (χ3n) is 4.16. The zero-order chi connectivity index (χ0) is 12.5. The zero-order valence-electron chi connectivity index (χ0n) is 11.1. The van der Waals surface area contributed by atoms with E-state index in [0.717, 1.165) is 23.5 Å².